The van der Waals surface area contributed by atoms with Gasteiger partial charge < -0.3 is 16.0 Å². The number of carbonyl (C=O) groups excluding carboxylic acids is 1. The Hall–Kier alpha value is -1.53. The molecule has 0 saturated heterocycles. The number of hydrogen-bond donors (Lipinski definition) is 2. The molecule has 0 aliphatic heterocycles. The van der Waals surface area contributed by atoms with Gasteiger partial charge >= 0.3 is 0 Å². The minimum atomic E-state index is -2.51. The molecule has 0 fully saturated rings. The molecule has 1 aromatic rings. The summed E-state index contributed by atoms with van der Waals surface area (Å²) in [6.45, 7) is 1.33. The van der Waals surface area contributed by atoms with E-state index in [0.29, 0.717) is 12.1 Å². The lowest BCUT2D eigenvalue weighted by molar-refractivity contribution is -0.120. The summed E-state index contributed by atoms with van der Waals surface area (Å²) in [6.07, 6.45) is -2.51. The zero-order valence-corrected chi connectivity index (χ0v) is 11.1. The minimum Gasteiger partial charge on any atom is -0.368 e. The van der Waals surface area contributed by atoms with Gasteiger partial charge in [-0.15, -0.1) is 0 Å². The Morgan fingerprint density at radius 3 is 2.21 bits per heavy atom. The Labute approximate surface area is 111 Å². The molecular formula is C13H19F2N3O. The van der Waals surface area contributed by atoms with Gasteiger partial charge in [-0.1, -0.05) is 24.3 Å². The van der Waals surface area contributed by atoms with Crippen LogP contribution in [0.25, 0.3) is 0 Å². The molecule has 0 radical (unpaired) electrons. The highest BCUT2D eigenvalue weighted by Gasteiger charge is 2.17. The van der Waals surface area contributed by atoms with Crippen molar-refractivity contribution in [2.45, 2.75) is 12.5 Å². The number of nitrogens with zero attached hydrogens (tertiary/aromatic N) is 1. The van der Waals surface area contributed by atoms with E-state index in [1.807, 2.05) is 19.0 Å². The van der Waals surface area contributed by atoms with Crippen LogP contribution in [0.1, 0.15) is 23.6 Å². The minimum absolute atomic E-state index is 0.0692. The first-order valence-corrected chi connectivity index (χ1v) is 5.97. The van der Waals surface area contributed by atoms with E-state index in [2.05, 4.69) is 5.32 Å². The van der Waals surface area contributed by atoms with E-state index in [-0.39, 0.29) is 5.56 Å². The maximum absolute atomic E-state index is 12.4. The van der Waals surface area contributed by atoms with E-state index in [9.17, 15) is 13.6 Å². The van der Waals surface area contributed by atoms with Gasteiger partial charge in [-0.2, -0.15) is 0 Å². The Morgan fingerprint density at radius 2 is 1.79 bits per heavy atom. The van der Waals surface area contributed by atoms with E-state index in [0.717, 1.165) is 6.54 Å². The van der Waals surface area contributed by atoms with Crippen molar-refractivity contribution >= 4 is 5.91 Å². The van der Waals surface area contributed by atoms with Crippen LogP contribution in [0.4, 0.5) is 8.78 Å². The average molecular weight is 271 g/mol. The number of rotatable bonds is 7. The van der Waals surface area contributed by atoms with Crippen molar-refractivity contribution in [1.82, 2.24) is 10.2 Å². The quantitative estimate of drug-likeness (QED) is 0.786. The van der Waals surface area contributed by atoms with Crippen molar-refractivity contribution in [2.24, 2.45) is 5.73 Å². The van der Waals surface area contributed by atoms with Gasteiger partial charge in [0.2, 0.25) is 5.91 Å². The SMILES string of the molecule is CN(C)CCNC(C(N)=O)c1ccc(C(F)F)cc1. The van der Waals surface area contributed by atoms with Crippen molar-refractivity contribution in [2.75, 3.05) is 27.2 Å². The smallest absolute Gasteiger partial charge is 0.263 e. The predicted molar refractivity (Wildman–Crippen MR) is 69.9 cm³/mol. The van der Waals surface area contributed by atoms with E-state index in [1.54, 1.807) is 0 Å². The van der Waals surface area contributed by atoms with Gasteiger partial charge in [0.25, 0.3) is 6.43 Å². The molecule has 106 valence electrons. The highest BCUT2D eigenvalue weighted by molar-refractivity contribution is 5.81. The van der Waals surface area contributed by atoms with Crippen molar-refractivity contribution in [1.29, 1.82) is 0 Å². The molecule has 1 amide bonds. The first kappa shape index (κ1) is 15.5. The topological polar surface area (TPSA) is 58.4 Å². The Morgan fingerprint density at radius 1 is 1.26 bits per heavy atom. The lowest BCUT2D eigenvalue weighted by atomic mass is 10.0. The molecule has 0 spiro atoms. The third-order valence-electron chi connectivity index (χ3n) is 2.71. The summed E-state index contributed by atoms with van der Waals surface area (Å²) in [7, 11) is 3.83. The second kappa shape index (κ2) is 7.16. The number of nitrogens with two attached hydrogens (primary N) is 1. The van der Waals surface area contributed by atoms with Gasteiger partial charge in [-0.3, -0.25) is 4.79 Å². The van der Waals surface area contributed by atoms with Crippen LogP contribution in [-0.2, 0) is 4.79 Å². The second-order valence-electron chi connectivity index (χ2n) is 4.56. The van der Waals surface area contributed by atoms with Crippen LogP contribution < -0.4 is 11.1 Å². The largest absolute Gasteiger partial charge is 0.368 e. The fraction of sp³-hybridized carbons (Fsp3) is 0.462. The van der Waals surface area contributed by atoms with Gasteiger partial charge in [0.1, 0.15) is 6.04 Å². The van der Waals surface area contributed by atoms with Gasteiger partial charge in [0.15, 0.2) is 0 Å². The number of primary amides is 1. The molecule has 6 heteroatoms. The highest BCUT2D eigenvalue weighted by atomic mass is 19.3. The summed E-state index contributed by atoms with van der Waals surface area (Å²) in [5, 5.41) is 3.01. The molecule has 0 saturated carbocycles. The standard InChI is InChI=1S/C13H19F2N3O/c1-18(2)8-7-17-11(13(16)19)9-3-5-10(6-4-9)12(14)15/h3-6,11-12,17H,7-8H2,1-2H3,(H2,16,19). The predicted octanol–water partition coefficient (Wildman–Crippen LogP) is 1.30. The lowest BCUT2D eigenvalue weighted by Gasteiger charge is -2.18. The van der Waals surface area contributed by atoms with Crippen LogP contribution in [0.15, 0.2) is 24.3 Å². The van der Waals surface area contributed by atoms with Crippen molar-refractivity contribution in [3.8, 4) is 0 Å². The summed E-state index contributed by atoms with van der Waals surface area (Å²) in [4.78, 5) is 13.4. The number of carbonyl (C=O) groups is 1. The molecule has 0 heterocycles. The maximum Gasteiger partial charge on any atom is 0.263 e. The summed E-state index contributed by atoms with van der Waals surface area (Å²) >= 11 is 0. The summed E-state index contributed by atoms with van der Waals surface area (Å²) in [6, 6.07) is 4.96. The fourth-order valence-corrected chi connectivity index (χ4v) is 1.65. The number of halogens is 2. The summed E-state index contributed by atoms with van der Waals surface area (Å²) in [5.74, 6) is -0.524. The first-order valence-electron chi connectivity index (χ1n) is 5.97. The van der Waals surface area contributed by atoms with E-state index in [4.69, 9.17) is 5.73 Å². The molecule has 19 heavy (non-hydrogen) atoms. The Bertz CT molecular complexity index is 407. The number of alkyl halides is 2. The number of nitrogens with one attached hydrogen (secondary N) is 1. The second-order valence-corrected chi connectivity index (χ2v) is 4.56. The molecule has 1 atom stereocenters. The zero-order valence-electron chi connectivity index (χ0n) is 11.1. The van der Waals surface area contributed by atoms with Crippen LogP contribution >= 0.6 is 0 Å². The van der Waals surface area contributed by atoms with Crippen LogP contribution in [0, 0.1) is 0 Å². The monoisotopic (exact) mass is 271 g/mol. The van der Waals surface area contributed by atoms with Gasteiger partial charge in [-0.25, -0.2) is 8.78 Å². The molecule has 1 aromatic carbocycles. The zero-order chi connectivity index (χ0) is 14.4. The molecule has 0 bridgehead atoms. The third-order valence-corrected chi connectivity index (χ3v) is 2.71. The maximum atomic E-state index is 12.4. The van der Waals surface area contributed by atoms with Gasteiger partial charge in [-0.05, 0) is 19.7 Å². The third kappa shape index (κ3) is 4.92. The number of likely N-dealkylation sites (N-methyl/N-ethyl adjacent to an activating group) is 1. The van der Waals surface area contributed by atoms with E-state index >= 15 is 0 Å². The molecular weight excluding hydrogens is 252 g/mol. The van der Waals surface area contributed by atoms with Crippen LogP contribution in [0.3, 0.4) is 0 Å². The van der Waals surface area contributed by atoms with Crippen molar-refractivity contribution in [3.05, 3.63) is 35.4 Å². The molecule has 4 nitrogen and oxygen atoms in total. The van der Waals surface area contributed by atoms with Crippen molar-refractivity contribution < 1.29 is 13.6 Å². The fourth-order valence-electron chi connectivity index (χ4n) is 1.65. The number of amides is 1. The van der Waals surface area contributed by atoms with Crippen LogP contribution in [-0.4, -0.2) is 38.0 Å². The van der Waals surface area contributed by atoms with Crippen molar-refractivity contribution in [3.63, 3.8) is 0 Å². The molecule has 0 aromatic heterocycles. The Balaban J connectivity index is 2.73. The highest BCUT2D eigenvalue weighted by Crippen LogP contribution is 2.21. The molecule has 0 aliphatic rings. The summed E-state index contributed by atoms with van der Waals surface area (Å²) in [5.41, 5.74) is 5.84. The molecule has 1 unspecified atom stereocenters. The normalized spacial score (nSPS) is 12.9. The summed E-state index contributed by atoms with van der Waals surface area (Å²) < 4.78 is 24.9. The first-order chi connectivity index (χ1) is 8.91. The molecule has 1 rings (SSSR count). The van der Waals surface area contributed by atoms with Crippen LogP contribution in [0.5, 0.6) is 0 Å². The number of hydrogen-bond acceptors (Lipinski definition) is 3. The Kier molecular flexibility index (Phi) is 5.85. The molecule has 0 aliphatic carbocycles. The van der Waals surface area contributed by atoms with Gasteiger partial charge in [0.05, 0.1) is 0 Å². The lowest BCUT2D eigenvalue weighted by Crippen LogP contribution is -2.37. The van der Waals surface area contributed by atoms with Gasteiger partial charge in [0, 0.05) is 18.7 Å². The van der Waals surface area contributed by atoms with Crippen LogP contribution in [0.2, 0.25) is 0 Å². The van der Waals surface area contributed by atoms with E-state index in [1.165, 1.54) is 24.3 Å². The average Bonchev–Trinajstić information content (AvgIpc) is 2.34. The van der Waals surface area contributed by atoms with E-state index < -0.39 is 18.4 Å². The number of benzene rings is 1. The molecule has 3 N–H and O–H groups in total.